The number of amides is 4. The summed E-state index contributed by atoms with van der Waals surface area (Å²) in [6, 6.07) is -5.07. The van der Waals surface area contributed by atoms with Crippen LogP contribution in [0.4, 0.5) is 0 Å². The van der Waals surface area contributed by atoms with Gasteiger partial charge in [0.25, 0.3) is 0 Å². The Morgan fingerprint density at radius 3 is 1.97 bits per heavy atom. The molecule has 1 aliphatic rings. The fourth-order valence-electron chi connectivity index (χ4n) is 2.71. The van der Waals surface area contributed by atoms with Crippen molar-refractivity contribution in [3.05, 3.63) is 0 Å². The van der Waals surface area contributed by atoms with E-state index in [1.807, 2.05) is 0 Å². The minimum Gasteiger partial charge on any atom is -0.481 e. The van der Waals surface area contributed by atoms with Gasteiger partial charge in [-0.15, -0.1) is 0 Å². The van der Waals surface area contributed by atoms with E-state index in [2.05, 4.69) is 33.9 Å². The van der Waals surface area contributed by atoms with Gasteiger partial charge in [0.2, 0.25) is 23.6 Å². The van der Waals surface area contributed by atoms with E-state index >= 15 is 0 Å². The maximum absolute atomic E-state index is 12.6. The lowest BCUT2D eigenvalue weighted by Crippen LogP contribution is -2.58. The van der Waals surface area contributed by atoms with Crippen LogP contribution in [0.25, 0.3) is 0 Å². The van der Waals surface area contributed by atoms with E-state index < -0.39 is 72.6 Å². The molecular weight excluding hydrogens is 422 g/mol. The molecule has 1 aliphatic heterocycles. The second-order valence-electron chi connectivity index (χ2n) is 6.62. The number of carboxylic acids is 2. The second kappa shape index (κ2) is 12.0. The molecule has 13 nitrogen and oxygen atoms in total. The second-order valence-corrected chi connectivity index (χ2v) is 6.99. The van der Waals surface area contributed by atoms with Crippen LogP contribution in [0.15, 0.2) is 0 Å². The van der Waals surface area contributed by atoms with Crippen LogP contribution in [0.5, 0.6) is 0 Å². The number of carbonyl (C=O) groups excluding carboxylic acids is 4. The summed E-state index contributed by atoms with van der Waals surface area (Å²) >= 11 is 3.78. The summed E-state index contributed by atoms with van der Waals surface area (Å²) in [5, 5.41) is 27.4. The number of rotatable bonds is 12. The highest BCUT2D eigenvalue weighted by atomic mass is 32.1. The molecule has 1 fully saturated rings. The Morgan fingerprint density at radius 2 is 1.53 bits per heavy atom. The average Bonchev–Trinajstić information content (AvgIpc) is 3.18. The van der Waals surface area contributed by atoms with E-state index in [0.717, 1.165) is 6.42 Å². The Labute approximate surface area is 176 Å². The van der Waals surface area contributed by atoms with E-state index in [1.54, 1.807) is 0 Å². The molecule has 14 heteroatoms. The lowest BCUT2D eigenvalue weighted by Gasteiger charge is -2.23. The van der Waals surface area contributed by atoms with Crippen LogP contribution in [-0.4, -0.2) is 82.2 Å². The van der Waals surface area contributed by atoms with Crippen LogP contribution in [0.1, 0.15) is 25.7 Å². The summed E-state index contributed by atoms with van der Waals surface area (Å²) in [4.78, 5) is 70.5. The van der Waals surface area contributed by atoms with Crippen molar-refractivity contribution in [3.63, 3.8) is 0 Å². The molecule has 1 heterocycles. The van der Waals surface area contributed by atoms with E-state index in [1.165, 1.54) is 0 Å². The molecule has 0 saturated carbocycles. The zero-order valence-corrected chi connectivity index (χ0v) is 16.8. The monoisotopic (exact) mass is 447 g/mol. The van der Waals surface area contributed by atoms with Gasteiger partial charge in [0.05, 0.1) is 18.9 Å². The van der Waals surface area contributed by atoms with E-state index in [4.69, 9.17) is 15.9 Å². The maximum Gasteiger partial charge on any atom is 0.327 e. The predicted octanol–water partition coefficient (Wildman–Crippen LogP) is -3.44. The molecule has 0 aliphatic carbocycles. The average molecular weight is 447 g/mol. The molecule has 4 amide bonds. The van der Waals surface area contributed by atoms with Gasteiger partial charge in [-0.05, 0) is 19.4 Å². The molecule has 30 heavy (non-hydrogen) atoms. The molecule has 4 atom stereocenters. The minimum absolute atomic E-state index is 0.274. The zero-order valence-electron chi connectivity index (χ0n) is 15.9. The Balaban J connectivity index is 2.90. The van der Waals surface area contributed by atoms with Crippen LogP contribution in [-0.2, 0) is 28.8 Å². The van der Waals surface area contributed by atoms with Gasteiger partial charge in [0.15, 0.2) is 0 Å². The third kappa shape index (κ3) is 8.24. The standard InChI is InChI=1S/C16H25N5O8S/c17-11(22)4-8(19-13(25)7-2-1-3-18-7)14(26)20-9(5-12(23)24)15(27)21-10(6-30)16(28)29/h7-10,18,30H,1-6H2,(H2,17,22)(H,19,25)(H,20,26)(H,21,27)(H,23,24)(H,28,29). The number of thiol groups is 1. The van der Waals surface area contributed by atoms with Crippen molar-refractivity contribution < 1.29 is 39.0 Å². The largest absolute Gasteiger partial charge is 0.481 e. The van der Waals surface area contributed by atoms with Gasteiger partial charge in [0, 0.05) is 5.75 Å². The van der Waals surface area contributed by atoms with E-state index in [0.29, 0.717) is 13.0 Å². The van der Waals surface area contributed by atoms with Gasteiger partial charge in [-0.2, -0.15) is 12.6 Å². The lowest BCUT2D eigenvalue weighted by atomic mass is 10.1. The normalized spacial score (nSPS) is 18.5. The first-order valence-corrected chi connectivity index (χ1v) is 9.66. The van der Waals surface area contributed by atoms with Crippen LogP contribution in [0, 0.1) is 0 Å². The number of primary amides is 1. The van der Waals surface area contributed by atoms with Crippen molar-refractivity contribution >= 4 is 48.2 Å². The SMILES string of the molecule is NC(=O)CC(NC(=O)C1CCCN1)C(=O)NC(CC(=O)O)C(=O)NC(CS)C(=O)O. The summed E-state index contributed by atoms with van der Waals surface area (Å²) in [6.07, 6.45) is -0.166. The van der Waals surface area contributed by atoms with Crippen LogP contribution >= 0.6 is 12.6 Å². The quantitative estimate of drug-likeness (QED) is 0.139. The van der Waals surface area contributed by atoms with Crippen molar-refractivity contribution in [2.45, 2.75) is 49.9 Å². The fraction of sp³-hybridized carbons (Fsp3) is 0.625. The first-order valence-electron chi connectivity index (χ1n) is 9.03. The van der Waals surface area contributed by atoms with Crippen LogP contribution in [0.3, 0.4) is 0 Å². The first-order chi connectivity index (χ1) is 14.0. The zero-order chi connectivity index (χ0) is 22.8. The highest BCUT2D eigenvalue weighted by Crippen LogP contribution is 2.06. The Hall–Kier alpha value is -2.87. The lowest BCUT2D eigenvalue weighted by molar-refractivity contribution is -0.143. The van der Waals surface area contributed by atoms with Gasteiger partial charge in [-0.1, -0.05) is 0 Å². The molecule has 1 rings (SSSR count). The van der Waals surface area contributed by atoms with Gasteiger partial charge < -0.3 is 37.2 Å². The number of nitrogens with two attached hydrogens (primary N) is 1. The Bertz CT molecular complexity index is 697. The van der Waals surface area contributed by atoms with Gasteiger partial charge in [0.1, 0.15) is 18.1 Å². The summed E-state index contributed by atoms with van der Waals surface area (Å²) < 4.78 is 0. The van der Waals surface area contributed by atoms with Crippen LogP contribution < -0.4 is 27.0 Å². The van der Waals surface area contributed by atoms with Crippen molar-refractivity contribution in [2.24, 2.45) is 5.73 Å². The van der Waals surface area contributed by atoms with E-state index in [9.17, 15) is 28.8 Å². The van der Waals surface area contributed by atoms with Crippen molar-refractivity contribution in [2.75, 3.05) is 12.3 Å². The molecule has 168 valence electrons. The molecule has 0 aromatic heterocycles. The number of nitrogens with one attached hydrogen (secondary N) is 4. The highest BCUT2D eigenvalue weighted by molar-refractivity contribution is 7.80. The topological polar surface area (TPSA) is 217 Å². The number of carbonyl (C=O) groups is 6. The molecule has 0 aromatic rings. The number of carboxylic acid groups (broad SMARTS) is 2. The molecule has 0 radical (unpaired) electrons. The summed E-state index contributed by atoms with van der Waals surface area (Å²) in [7, 11) is 0. The summed E-state index contributed by atoms with van der Waals surface area (Å²) in [6.45, 7) is 0.613. The molecule has 1 saturated heterocycles. The Kier molecular flexibility index (Phi) is 10.0. The maximum atomic E-state index is 12.6. The Morgan fingerprint density at radius 1 is 0.967 bits per heavy atom. The van der Waals surface area contributed by atoms with Gasteiger partial charge in [-0.25, -0.2) is 4.79 Å². The third-order valence-corrected chi connectivity index (χ3v) is 4.59. The minimum atomic E-state index is -1.66. The first kappa shape index (κ1) is 25.2. The number of hydrogen-bond donors (Lipinski definition) is 8. The number of aliphatic carboxylic acids is 2. The van der Waals surface area contributed by atoms with Gasteiger partial charge >= 0.3 is 11.9 Å². The molecule has 4 unspecified atom stereocenters. The molecule has 0 aromatic carbocycles. The predicted molar refractivity (Wildman–Crippen MR) is 104 cm³/mol. The third-order valence-electron chi connectivity index (χ3n) is 4.22. The summed E-state index contributed by atoms with van der Waals surface area (Å²) in [5.74, 6) is -6.67. The summed E-state index contributed by atoms with van der Waals surface area (Å²) in [5.41, 5.74) is 5.12. The van der Waals surface area contributed by atoms with Crippen molar-refractivity contribution in [3.8, 4) is 0 Å². The van der Waals surface area contributed by atoms with Crippen molar-refractivity contribution in [1.82, 2.24) is 21.3 Å². The molecular formula is C16H25N5O8S. The van der Waals surface area contributed by atoms with Crippen molar-refractivity contribution in [1.29, 1.82) is 0 Å². The number of hydrogen-bond acceptors (Lipinski definition) is 8. The smallest absolute Gasteiger partial charge is 0.327 e. The fourth-order valence-corrected chi connectivity index (χ4v) is 2.95. The van der Waals surface area contributed by atoms with E-state index in [-0.39, 0.29) is 5.75 Å². The van der Waals surface area contributed by atoms with Crippen LogP contribution in [0.2, 0.25) is 0 Å². The molecule has 8 N–H and O–H groups in total. The molecule has 0 bridgehead atoms. The molecule has 0 spiro atoms. The highest BCUT2D eigenvalue weighted by Gasteiger charge is 2.32. The van der Waals surface area contributed by atoms with Gasteiger partial charge in [-0.3, -0.25) is 24.0 Å².